The molecule has 0 amide bonds. The Hall–Kier alpha value is -1.83. The summed E-state index contributed by atoms with van der Waals surface area (Å²) in [5.74, 6) is 0.565. The minimum absolute atomic E-state index is 0.0210. The van der Waals surface area contributed by atoms with Crippen LogP contribution < -0.4 is 0 Å². The van der Waals surface area contributed by atoms with E-state index in [0.29, 0.717) is 12.2 Å². The molecule has 2 heteroatoms. The number of ketones is 1. The third-order valence-corrected chi connectivity index (χ3v) is 3.66. The molecule has 19 heavy (non-hydrogen) atoms. The molecule has 0 aliphatic rings. The summed E-state index contributed by atoms with van der Waals surface area (Å²) in [4.78, 5) is 12.3. The van der Waals surface area contributed by atoms with Crippen molar-refractivity contribution in [2.24, 2.45) is 0 Å². The van der Waals surface area contributed by atoms with Gasteiger partial charge in [-0.25, -0.2) is 0 Å². The van der Waals surface area contributed by atoms with E-state index in [2.05, 4.69) is 19.1 Å². The lowest BCUT2D eigenvalue weighted by Crippen LogP contribution is -2.15. The Morgan fingerprint density at radius 2 is 1.42 bits per heavy atom. The first-order valence-electron chi connectivity index (χ1n) is 6.81. The number of carbonyl (C=O) groups excluding carboxylic acids is 1. The summed E-state index contributed by atoms with van der Waals surface area (Å²) >= 11 is 0. The topological polar surface area (TPSA) is 17.1 Å². The van der Waals surface area contributed by atoms with Crippen LogP contribution in [0.3, 0.4) is 0 Å². The van der Waals surface area contributed by atoms with E-state index in [1.54, 1.807) is 0 Å². The highest BCUT2D eigenvalue weighted by atomic mass is 16.1. The Morgan fingerprint density at radius 3 is 1.95 bits per heavy atom. The third-order valence-electron chi connectivity index (χ3n) is 3.66. The van der Waals surface area contributed by atoms with Crippen molar-refractivity contribution in [2.45, 2.75) is 25.1 Å². The van der Waals surface area contributed by atoms with E-state index in [9.17, 15) is 4.79 Å². The molecule has 2 rings (SSSR count). The maximum Gasteiger partial charge on any atom is 0.132 e. The van der Waals surface area contributed by atoms with Gasteiger partial charge in [0.2, 0.25) is 0 Å². The van der Waals surface area contributed by atoms with E-state index in [4.69, 9.17) is 0 Å². The van der Waals surface area contributed by atoms with Crippen LogP contribution in [0.2, 0.25) is 0 Å². The van der Waals surface area contributed by atoms with E-state index in [1.165, 1.54) is 5.56 Å². The van der Waals surface area contributed by atoms with Crippen LogP contribution in [0, 0.1) is 0 Å². The molecule has 2 aromatic rings. The predicted octanol–water partition coefficient (Wildman–Crippen LogP) is 3.12. The van der Waals surface area contributed by atoms with Crippen LogP contribution >= 0.6 is 0 Å². The zero-order valence-electron chi connectivity index (χ0n) is 11.5. The number of carbonyl (C=O) groups is 1. The number of rotatable bonds is 5. The van der Waals surface area contributed by atoms with Crippen molar-refractivity contribution < 1.29 is 4.79 Å². The fraction of sp³-hybridized carbons (Fsp3) is 0.235. The first-order valence-corrected chi connectivity index (χ1v) is 6.81. The molecule has 1 unspecified atom stereocenters. The summed E-state index contributed by atoms with van der Waals surface area (Å²) in [6, 6.07) is 20.2. The van der Waals surface area contributed by atoms with Gasteiger partial charge in [0.1, 0.15) is 13.6 Å². The van der Waals surface area contributed by atoms with Crippen molar-refractivity contribution in [1.29, 1.82) is 0 Å². The lowest BCUT2D eigenvalue weighted by molar-refractivity contribution is -0.119. The van der Waals surface area contributed by atoms with E-state index < -0.39 is 0 Å². The van der Waals surface area contributed by atoms with Crippen molar-refractivity contribution in [1.82, 2.24) is 0 Å². The van der Waals surface area contributed by atoms with E-state index in [1.807, 2.05) is 56.4 Å². The molecule has 2 aromatic carbocycles. The Balaban J connectivity index is 2.02. The summed E-state index contributed by atoms with van der Waals surface area (Å²) < 4.78 is 0. The van der Waals surface area contributed by atoms with Crippen molar-refractivity contribution >= 4 is 13.6 Å². The largest absolute Gasteiger partial charge is 0.300 e. The molecule has 0 fully saturated rings. The van der Waals surface area contributed by atoms with Gasteiger partial charge < -0.3 is 0 Å². The first-order chi connectivity index (χ1) is 9.18. The molecule has 0 saturated carbocycles. The van der Waals surface area contributed by atoms with Gasteiger partial charge in [-0.05, 0) is 17.0 Å². The highest BCUT2D eigenvalue weighted by Gasteiger charge is 2.18. The normalized spacial score (nSPS) is 13.7. The maximum absolute atomic E-state index is 12.3. The monoisotopic (exact) mass is 250 g/mol. The second-order valence-corrected chi connectivity index (χ2v) is 5.11. The van der Waals surface area contributed by atoms with Gasteiger partial charge in [-0.1, -0.05) is 67.6 Å². The predicted molar refractivity (Wildman–Crippen MR) is 82.2 cm³/mol. The fourth-order valence-electron chi connectivity index (χ4n) is 2.31. The Labute approximate surface area is 116 Å². The molecule has 0 radical (unpaired) electrons. The number of hydrogen-bond donors (Lipinski definition) is 0. The summed E-state index contributed by atoms with van der Waals surface area (Å²) in [7, 11) is 2.00. The van der Waals surface area contributed by atoms with E-state index in [0.717, 1.165) is 5.56 Å². The average molecular weight is 250 g/mol. The Kier molecular flexibility index (Phi) is 4.56. The van der Waals surface area contributed by atoms with Crippen molar-refractivity contribution in [2.75, 3.05) is 0 Å². The summed E-state index contributed by atoms with van der Waals surface area (Å²) in [5, 5.41) is 0. The van der Waals surface area contributed by atoms with Crippen LogP contribution in [0.5, 0.6) is 0 Å². The lowest BCUT2D eigenvalue weighted by Gasteiger charge is -2.15. The second-order valence-electron chi connectivity index (χ2n) is 5.11. The van der Waals surface area contributed by atoms with E-state index in [-0.39, 0.29) is 11.7 Å². The molecule has 0 saturated heterocycles. The standard InChI is InChI=1S/C17H19BO/c1-13(14-8-4-2-5-9-14)12-16(19)17(18)15-10-6-3-7-11-15/h2-11,13,17H,12,18H2,1H3/t13-,17?/m1/s1. The molecule has 0 spiro atoms. The van der Waals surface area contributed by atoms with Gasteiger partial charge >= 0.3 is 0 Å². The van der Waals surface area contributed by atoms with Gasteiger partial charge in [0.15, 0.2) is 0 Å². The summed E-state index contributed by atoms with van der Waals surface area (Å²) in [6.07, 6.45) is 0.597. The van der Waals surface area contributed by atoms with Crippen molar-refractivity contribution in [3.8, 4) is 0 Å². The van der Waals surface area contributed by atoms with Crippen molar-refractivity contribution in [3.05, 3.63) is 71.8 Å². The van der Waals surface area contributed by atoms with Crippen LogP contribution in [0.15, 0.2) is 60.7 Å². The average Bonchev–Trinajstić information content (AvgIpc) is 2.48. The lowest BCUT2D eigenvalue weighted by atomic mass is 9.75. The second kappa shape index (κ2) is 6.37. The van der Waals surface area contributed by atoms with Crippen LogP contribution in [0.25, 0.3) is 0 Å². The Morgan fingerprint density at radius 1 is 0.947 bits per heavy atom. The zero-order chi connectivity index (χ0) is 13.7. The fourth-order valence-corrected chi connectivity index (χ4v) is 2.31. The molecule has 1 nitrogen and oxygen atoms in total. The molecular weight excluding hydrogens is 231 g/mol. The number of Topliss-reactive ketones (excluding diaryl/α,β-unsaturated/α-hetero) is 1. The maximum atomic E-state index is 12.3. The minimum Gasteiger partial charge on any atom is -0.300 e. The smallest absolute Gasteiger partial charge is 0.132 e. The van der Waals surface area contributed by atoms with Crippen LogP contribution in [-0.2, 0) is 4.79 Å². The van der Waals surface area contributed by atoms with Gasteiger partial charge in [0.05, 0.1) is 0 Å². The highest BCUT2D eigenvalue weighted by Crippen LogP contribution is 2.23. The SMILES string of the molecule is BC(C(=O)C[C@@H](C)c1ccccc1)c1ccccc1. The van der Waals surface area contributed by atoms with Gasteiger partial charge in [0, 0.05) is 12.2 Å². The van der Waals surface area contributed by atoms with Gasteiger partial charge in [0.25, 0.3) is 0 Å². The van der Waals surface area contributed by atoms with Crippen LogP contribution in [0.4, 0.5) is 0 Å². The quantitative estimate of drug-likeness (QED) is 0.745. The third kappa shape index (κ3) is 3.57. The van der Waals surface area contributed by atoms with Gasteiger partial charge in [-0.15, -0.1) is 0 Å². The van der Waals surface area contributed by atoms with Crippen LogP contribution in [-0.4, -0.2) is 13.6 Å². The van der Waals surface area contributed by atoms with Crippen LogP contribution in [0.1, 0.15) is 36.2 Å². The van der Waals surface area contributed by atoms with E-state index >= 15 is 0 Å². The molecule has 0 heterocycles. The molecule has 0 bridgehead atoms. The molecule has 0 aliphatic heterocycles. The summed E-state index contributed by atoms with van der Waals surface area (Å²) in [5.41, 5.74) is 2.34. The van der Waals surface area contributed by atoms with Crippen molar-refractivity contribution in [3.63, 3.8) is 0 Å². The molecule has 0 aromatic heterocycles. The minimum atomic E-state index is -0.0210. The molecule has 0 aliphatic carbocycles. The zero-order valence-corrected chi connectivity index (χ0v) is 11.5. The molecule has 0 N–H and O–H groups in total. The summed E-state index contributed by atoms with van der Waals surface area (Å²) in [6.45, 7) is 2.12. The van der Waals surface area contributed by atoms with Gasteiger partial charge in [-0.3, -0.25) is 4.79 Å². The Bertz CT molecular complexity index is 521. The highest BCUT2D eigenvalue weighted by molar-refractivity contribution is 6.24. The molecule has 2 atom stereocenters. The number of hydrogen-bond acceptors (Lipinski definition) is 1. The first kappa shape index (κ1) is 13.6. The van der Waals surface area contributed by atoms with Gasteiger partial charge in [-0.2, -0.15) is 0 Å². The number of benzene rings is 2. The molecule has 96 valence electrons. The molecular formula is C17H19BO.